The van der Waals surface area contributed by atoms with E-state index in [4.69, 9.17) is 15.2 Å². The van der Waals surface area contributed by atoms with Gasteiger partial charge < -0.3 is 15.2 Å². The normalized spacial score (nSPS) is 26.0. The molecule has 1 aliphatic rings. The van der Waals surface area contributed by atoms with Crippen LogP contribution in [0.5, 0.6) is 0 Å². The average Bonchev–Trinajstić information content (AvgIpc) is 2.36. The standard InChI is InChI=1S/C7H14N2O2/c1-5(3-10-2)6-4-11-7(8)9-6/h5-6H,3-4H2,1-2H3,(H2,8,9). The van der Waals surface area contributed by atoms with E-state index in [1.165, 1.54) is 0 Å². The summed E-state index contributed by atoms with van der Waals surface area (Å²) < 4.78 is 9.99. The second-order valence-electron chi connectivity index (χ2n) is 2.78. The summed E-state index contributed by atoms with van der Waals surface area (Å²) in [6.07, 6.45) is 0. The predicted molar refractivity (Wildman–Crippen MR) is 42.4 cm³/mol. The molecule has 0 amide bonds. The van der Waals surface area contributed by atoms with Crippen molar-refractivity contribution in [1.82, 2.24) is 0 Å². The summed E-state index contributed by atoms with van der Waals surface area (Å²) >= 11 is 0. The van der Waals surface area contributed by atoms with Crippen LogP contribution in [0.3, 0.4) is 0 Å². The second kappa shape index (κ2) is 3.57. The molecule has 0 spiro atoms. The van der Waals surface area contributed by atoms with Crippen LogP contribution in [-0.2, 0) is 9.47 Å². The van der Waals surface area contributed by atoms with E-state index in [2.05, 4.69) is 11.9 Å². The molecule has 2 N–H and O–H groups in total. The lowest BCUT2D eigenvalue weighted by Crippen LogP contribution is -2.21. The molecule has 0 saturated heterocycles. The summed E-state index contributed by atoms with van der Waals surface area (Å²) in [6.45, 7) is 3.36. The molecule has 2 atom stereocenters. The van der Waals surface area contributed by atoms with Gasteiger partial charge >= 0.3 is 0 Å². The highest BCUT2D eigenvalue weighted by atomic mass is 16.5. The number of aliphatic imine (C=N–C) groups is 1. The number of ether oxygens (including phenoxy) is 2. The van der Waals surface area contributed by atoms with Gasteiger partial charge in [-0.15, -0.1) is 0 Å². The van der Waals surface area contributed by atoms with E-state index in [1.807, 2.05) is 0 Å². The van der Waals surface area contributed by atoms with Crippen LogP contribution in [0.4, 0.5) is 0 Å². The average molecular weight is 158 g/mol. The first-order valence-corrected chi connectivity index (χ1v) is 3.69. The number of rotatable bonds is 3. The lowest BCUT2D eigenvalue weighted by molar-refractivity contribution is 0.139. The molecule has 1 heterocycles. The zero-order valence-corrected chi connectivity index (χ0v) is 6.91. The maximum Gasteiger partial charge on any atom is 0.282 e. The SMILES string of the molecule is COCC(C)C1COC(N)=N1. The highest BCUT2D eigenvalue weighted by Crippen LogP contribution is 2.12. The fourth-order valence-electron chi connectivity index (χ4n) is 1.07. The van der Waals surface area contributed by atoms with E-state index in [0.29, 0.717) is 25.2 Å². The van der Waals surface area contributed by atoms with E-state index in [1.54, 1.807) is 7.11 Å². The van der Waals surface area contributed by atoms with Gasteiger partial charge in [-0.3, -0.25) is 0 Å². The maximum atomic E-state index is 5.35. The molecule has 4 heteroatoms. The van der Waals surface area contributed by atoms with Crippen LogP contribution in [0.1, 0.15) is 6.92 Å². The topological polar surface area (TPSA) is 56.8 Å². The van der Waals surface area contributed by atoms with E-state index in [0.717, 1.165) is 0 Å². The van der Waals surface area contributed by atoms with Crippen molar-refractivity contribution < 1.29 is 9.47 Å². The summed E-state index contributed by atoms with van der Waals surface area (Å²) in [7, 11) is 1.68. The largest absolute Gasteiger partial charge is 0.463 e. The van der Waals surface area contributed by atoms with Crippen molar-refractivity contribution >= 4 is 6.02 Å². The third kappa shape index (κ3) is 2.08. The van der Waals surface area contributed by atoms with Gasteiger partial charge in [-0.05, 0) is 0 Å². The number of nitrogens with two attached hydrogens (primary N) is 1. The Kier molecular flexibility index (Phi) is 2.70. The van der Waals surface area contributed by atoms with Crippen molar-refractivity contribution in [2.24, 2.45) is 16.6 Å². The van der Waals surface area contributed by atoms with Crippen molar-refractivity contribution in [2.45, 2.75) is 13.0 Å². The number of methoxy groups -OCH3 is 1. The van der Waals surface area contributed by atoms with Gasteiger partial charge in [-0.1, -0.05) is 6.92 Å². The highest BCUT2D eigenvalue weighted by molar-refractivity contribution is 5.73. The summed E-state index contributed by atoms with van der Waals surface area (Å²) in [6, 6.07) is 0.480. The predicted octanol–water partition coefficient (Wildman–Crippen LogP) is -0.0176. The molecular formula is C7H14N2O2. The number of nitrogens with zero attached hydrogens (tertiary/aromatic N) is 1. The second-order valence-corrected chi connectivity index (χ2v) is 2.78. The van der Waals surface area contributed by atoms with E-state index >= 15 is 0 Å². The molecule has 0 bridgehead atoms. The Balaban J connectivity index is 2.36. The first kappa shape index (κ1) is 8.33. The lowest BCUT2D eigenvalue weighted by Gasteiger charge is -2.12. The van der Waals surface area contributed by atoms with Crippen LogP contribution < -0.4 is 5.73 Å². The third-order valence-corrected chi connectivity index (χ3v) is 1.78. The molecule has 2 unspecified atom stereocenters. The molecule has 0 aliphatic carbocycles. The molecule has 11 heavy (non-hydrogen) atoms. The Morgan fingerprint density at radius 1 is 1.91 bits per heavy atom. The van der Waals surface area contributed by atoms with Crippen molar-refractivity contribution in [1.29, 1.82) is 0 Å². The lowest BCUT2D eigenvalue weighted by atomic mass is 10.1. The molecule has 4 nitrogen and oxygen atoms in total. The van der Waals surface area contributed by atoms with Gasteiger partial charge in [0.25, 0.3) is 6.02 Å². The van der Waals surface area contributed by atoms with Crippen molar-refractivity contribution in [3.63, 3.8) is 0 Å². The smallest absolute Gasteiger partial charge is 0.282 e. The Morgan fingerprint density at radius 3 is 3.09 bits per heavy atom. The highest BCUT2D eigenvalue weighted by Gasteiger charge is 2.22. The zero-order chi connectivity index (χ0) is 8.27. The monoisotopic (exact) mass is 158 g/mol. The minimum atomic E-state index is 0.176. The number of hydrogen-bond donors (Lipinski definition) is 1. The molecule has 1 aliphatic heterocycles. The first-order valence-electron chi connectivity index (χ1n) is 3.69. The molecule has 0 saturated carbocycles. The Morgan fingerprint density at radius 2 is 2.64 bits per heavy atom. The van der Waals surface area contributed by atoms with Crippen molar-refractivity contribution in [3.05, 3.63) is 0 Å². The molecule has 0 fully saturated rings. The van der Waals surface area contributed by atoms with Gasteiger partial charge in [0.2, 0.25) is 0 Å². The fourth-order valence-corrected chi connectivity index (χ4v) is 1.07. The van der Waals surface area contributed by atoms with Crippen molar-refractivity contribution in [3.8, 4) is 0 Å². The minimum Gasteiger partial charge on any atom is -0.463 e. The molecule has 0 aromatic heterocycles. The zero-order valence-electron chi connectivity index (χ0n) is 6.91. The Hall–Kier alpha value is -0.770. The van der Waals surface area contributed by atoms with Crippen LogP contribution in [0.25, 0.3) is 0 Å². The summed E-state index contributed by atoms with van der Waals surface area (Å²) in [4.78, 5) is 4.10. The summed E-state index contributed by atoms with van der Waals surface area (Å²) in [5.74, 6) is 0.376. The first-order chi connectivity index (χ1) is 5.24. The van der Waals surface area contributed by atoms with Gasteiger partial charge in [-0.2, -0.15) is 0 Å². The van der Waals surface area contributed by atoms with Crippen LogP contribution in [0.2, 0.25) is 0 Å². The summed E-state index contributed by atoms with van der Waals surface area (Å²) in [5, 5.41) is 0. The molecule has 64 valence electrons. The van der Waals surface area contributed by atoms with E-state index < -0.39 is 0 Å². The van der Waals surface area contributed by atoms with Gasteiger partial charge in [0.05, 0.1) is 12.6 Å². The molecular weight excluding hydrogens is 144 g/mol. The van der Waals surface area contributed by atoms with Gasteiger partial charge in [0.1, 0.15) is 6.61 Å². The Labute approximate surface area is 66.4 Å². The third-order valence-electron chi connectivity index (χ3n) is 1.78. The fraction of sp³-hybridized carbons (Fsp3) is 0.857. The summed E-state index contributed by atoms with van der Waals surface area (Å²) in [5.41, 5.74) is 5.35. The van der Waals surface area contributed by atoms with Crippen LogP contribution >= 0.6 is 0 Å². The number of hydrogen-bond acceptors (Lipinski definition) is 4. The van der Waals surface area contributed by atoms with Gasteiger partial charge in [0.15, 0.2) is 0 Å². The van der Waals surface area contributed by atoms with E-state index in [-0.39, 0.29) is 6.04 Å². The molecule has 1 rings (SSSR count). The quantitative estimate of drug-likeness (QED) is 0.628. The van der Waals surface area contributed by atoms with Crippen LogP contribution in [-0.4, -0.2) is 32.4 Å². The minimum absolute atomic E-state index is 0.176. The maximum absolute atomic E-state index is 5.35. The molecule has 0 aromatic rings. The van der Waals surface area contributed by atoms with Gasteiger partial charge in [0, 0.05) is 13.0 Å². The van der Waals surface area contributed by atoms with Crippen molar-refractivity contribution in [2.75, 3.05) is 20.3 Å². The van der Waals surface area contributed by atoms with E-state index in [9.17, 15) is 0 Å². The molecule has 0 aromatic carbocycles. The molecule has 0 radical (unpaired) electrons. The van der Waals surface area contributed by atoms with Crippen LogP contribution in [0, 0.1) is 5.92 Å². The van der Waals surface area contributed by atoms with Gasteiger partial charge in [-0.25, -0.2) is 4.99 Å². The van der Waals surface area contributed by atoms with Crippen LogP contribution in [0.15, 0.2) is 4.99 Å². The Bertz CT molecular complexity index is 159. The number of amidine groups is 1.